The van der Waals surface area contributed by atoms with Gasteiger partial charge in [-0.2, -0.15) is 0 Å². The molecule has 0 bridgehead atoms. The molecule has 0 atom stereocenters. The van der Waals surface area contributed by atoms with Crippen molar-refractivity contribution < 1.29 is 0 Å². The Bertz CT molecular complexity index is 512. The fourth-order valence-electron chi connectivity index (χ4n) is 2.02. The van der Waals surface area contributed by atoms with Crippen molar-refractivity contribution in [2.24, 2.45) is 0 Å². The van der Waals surface area contributed by atoms with Gasteiger partial charge in [-0.25, -0.2) is 4.98 Å². The van der Waals surface area contributed by atoms with Gasteiger partial charge in [0, 0.05) is 43.3 Å². The lowest BCUT2D eigenvalue weighted by molar-refractivity contribution is 0.435. The van der Waals surface area contributed by atoms with Gasteiger partial charge < -0.3 is 15.2 Å². The third-order valence-electron chi connectivity index (χ3n) is 2.96. The first-order chi connectivity index (χ1) is 9.53. The molecular weight excluding hydrogens is 248 g/mol. The SMILES string of the molecule is CC(C)(C)NCCNc1cccc(Cn2ccnc2)c1. The molecule has 0 radical (unpaired) electrons. The maximum atomic E-state index is 4.06. The third kappa shape index (κ3) is 5.05. The first-order valence-electron chi connectivity index (χ1n) is 7.06. The van der Waals surface area contributed by atoms with Gasteiger partial charge in [0.15, 0.2) is 0 Å². The van der Waals surface area contributed by atoms with Crippen molar-refractivity contribution in [3.05, 3.63) is 48.5 Å². The van der Waals surface area contributed by atoms with Gasteiger partial charge in [0.1, 0.15) is 0 Å². The largest absolute Gasteiger partial charge is 0.384 e. The van der Waals surface area contributed by atoms with E-state index in [1.807, 2.05) is 12.5 Å². The van der Waals surface area contributed by atoms with E-state index in [0.29, 0.717) is 0 Å². The molecule has 0 aliphatic carbocycles. The monoisotopic (exact) mass is 272 g/mol. The van der Waals surface area contributed by atoms with Crippen LogP contribution in [0.4, 0.5) is 5.69 Å². The molecule has 108 valence electrons. The molecule has 0 fully saturated rings. The van der Waals surface area contributed by atoms with Crippen molar-refractivity contribution >= 4 is 5.69 Å². The van der Waals surface area contributed by atoms with Crippen molar-refractivity contribution in [1.82, 2.24) is 14.9 Å². The number of hydrogen-bond acceptors (Lipinski definition) is 3. The molecule has 1 aromatic carbocycles. The fraction of sp³-hybridized carbons (Fsp3) is 0.438. The smallest absolute Gasteiger partial charge is 0.0949 e. The van der Waals surface area contributed by atoms with Gasteiger partial charge in [-0.1, -0.05) is 12.1 Å². The van der Waals surface area contributed by atoms with Crippen LogP contribution in [0, 0.1) is 0 Å². The van der Waals surface area contributed by atoms with Crippen LogP contribution >= 0.6 is 0 Å². The van der Waals surface area contributed by atoms with Gasteiger partial charge >= 0.3 is 0 Å². The lowest BCUT2D eigenvalue weighted by Gasteiger charge is -2.20. The molecule has 2 rings (SSSR count). The Balaban J connectivity index is 1.83. The summed E-state index contributed by atoms with van der Waals surface area (Å²) < 4.78 is 2.07. The van der Waals surface area contributed by atoms with E-state index >= 15 is 0 Å². The Hall–Kier alpha value is -1.81. The molecule has 1 aromatic heterocycles. The second kappa shape index (κ2) is 6.57. The van der Waals surface area contributed by atoms with Crippen LogP contribution < -0.4 is 10.6 Å². The molecule has 0 saturated carbocycles. The molecule has 4 nitrogen and oxygen atoms in total. The first kappa shape index (κ1) is 14.6. The van der Waals surface area contributed by atoms with Crippen molar-refractivity contribution in [3.8, 4) is 0 Å². The zero-order valence-electron chi connectivity index (χ0n) is 12.6. The molecule has 0 aliphatic heterocycles. The number of nitrogens with zero attached hydrogens (tertiary/aromatic N) is 2. The average Bonchev–Trinajstić information content (AvgIpc) is 2.87. The Labute approximate surface area is 121 Å². The standard InChI is InChI=1S/C16H24N4/c1-16(2,3)19-8-7-18-15-6-4-5-14(11-15)12-20-10-9-17-13-20/h4-6,9-11,13,18-19H,7-8,12H2,1-3H3. The van der Waals surface area contributed by atoms with Crippen LogP contribution in [0.2, 0.25) is 0 Å². The third-order valence-corrected chi connectivity index (χ3v) is 2.96. The van der Waals surface area contributed by atoms with Gasteiger partial charge in [-0.15, -0.1) is 0 Å². The number of rotatable bonds is 6. The summed E-state index contributed by atoms with van der Waals surface area (Å²) in [5, 5.41) is 6.92. The lowest BCUT2D eigenvalue weighted by Crippen LogP contribution is -2.38. The Morgan fingerprint density at radius 1 is 1.20 bits per heavy atom. The van der Waals surface area contributed by atoms with Crippen LogP contribution in [0.1, 0.15) is 26.3 Å². The summed E-state index contributed by atoms with van der Waals surface area (Å²) in [7, 11) is 0. The maximum Gasteiger partial charge on any atom is 0.0949 e. The highest BCUT2D eigenvalue weighted by Gasteiger charge is 2.06. The maximum absolute atomic E-state index is 4.06. The topological polar surface area (TPSA) is 41.9 Å². The second-order valence-electron chi connectivity index (χ2n) is 6.04. The quantitative estimate of drug-likeness (QED) is 0.795. The summed E-state index contributed by atoms with van der Waals surface area (Å²) in [5.41, 5.74) is 2.61. The predicted octanol–water partition coefficient (Wildman–Crippen LogP) is 2.73. The van der Waals surface area contributed by atoms with E-state index < -0.39 is 0 Å². The molecule has 0 spiro atoms. The van der Waals surface area contributed by atoms with Crippen molar-refractivity contribution in [2.45, 2.75) is 32.9 Å². The van der Waals surface area contributed by atoms with Crippen LogP contribution in [-0.4, -0.2) is 28.2 Å². The number of nitrogens with one attached hydrogen (secondary N) is 2. The summed E-state index contributed by atoms with van der Waals surface area (Å²) >= 11 is 0. The zero-order chi connectivity index (χ0) is 14.4. The van der Waals surface area contributed by atoms with Gasteiger partial charge in [0.2, 0.25) is 0 Å². The minimum atomic E-state index is 0.172. The van der Waals surface area contributed by atoms with E-state index in [0.717, 1.165) is 19.6 Å². The van der Waals surface area contributed by atoms with Gasteiger partial charge in [-0.3, -0.25) is 0 Å². The summed E-state index contributed by atoms with van der Waals surface area (Å²) in [4.78, 5) is 4.06. The fourth-order valence-corrected chi connectivity index (χ4v) is 2.02. The highest BCUT2D eigenvalue weighted by molar-refractivity contribution is 5.45. The summed E-state index contributed by atoms with van der Waals surface area (Å²) in [6.45, 7) is 9.27. The van der Waals surface area contributed by atoms with Crippen LogP contribution in [0.5, 0.6) is 0 Å². The highest BCUT2D eigenvalue weighted by Crippen LogP contribution is 2.11. The number of imidazole rings is 1. The average molecular weight is 272 g/mol. The Morgan fingerprint density at radius 3 is 2.75 bits per heavy atom. The van der Waals surface area contributed by atoms with Crippen molar-refractivity contribution in [1.29, 1.82) is 0 Å². The molecule has 2 aromatic rings. The molecule has 2 N–H and O–H groups in total. The van der Waals surface area contributed by atoms with Gasteiger partial charge in [-0.05, 0) is 38.5 Å². The Kier molecular flexibility index (Phi) is 4.79. The molecule has 1 heterocycles. The van der Waals surface area contributed by atoms with Gasteiger partial charge in [0.05, 0.1) is 6.33 Å². The van der Waals surface area contributed by atoms with E-state index in [1.165, 1.54) is 11.3 Å². The zero-order valence-corrected chi connectivity index (χ0v) is 12.6. The Morgan fingerprint density at radius 2 is 2.05 bits per heavy atom. The van der Waals surface area contributed by atoms with Crippen LogP contribution in [-0.2, 0) is 6.54 Å². The van der Waals surface area contributed by atoms with Gasteiger partial charge in [0.25, 0.3) is 0 Å². The molecular formula is C16H24N4. The van der Waals surface area contributed by atoms with Crippen molar-refractivity contribution in [3.63, 3.8) is 0 Å². The normalized spacial score (nSPS) is 11.6. The van der Waals surface area contributed by atoms with Crippen LogP contribution in [0.15, 0.2) is 43.0 Å². The molecule has 0 unspecified atom stereocenters. The van der Waals surface area contributed by atoms with E-state index in [-0.39, 0.29) is 5.54 Å². The molecule has 20 heavy (non-hydrogen) atoms. The number of hydrogen-bond donors (Lipinski definition) is 2. The summed E-state index contributed by atoms with van der Waals surface area (Å²) in [6, 6.07) is 8.52. The number of benzene rings is 1. The number of aromatic nitrogens is 2. The van der Waals surface area contributed by atoms with E-state index in [2.05, 4.69) is 65.2 Å². The predicted molar refractivity (Wildman–Crippen MR) is 84.0 cm³/mol. The molecule has 0 aliphatic rings. The van der Waals surface area contributed by atoms with Crippen LogP contribution in [0.3, 0.4) is 0 Å². The minimum absolute atomic E-state index is 0.172. The van der Waals surface area contributed by atoms with E-state index in [1.54, 1.807) is 6.20 Å². The lowest BCUT2D eigenvalue weighted by atomic mass is 10.1. The minimum Gasteiger partial charge on any atom is -0.384 e. The molecule has 4 heteroatoms. The van der Waals surface area contributed by atoms with E-state index in [4.69, 9.17) is 0 Å². The second-order valence-corrected chi connectivity index (χ2v) is 6.04. The first-order valence-corrected chi connectivity index (χ1v) is 7.06. The molecule has 0 amide bonds. The molecule has 0 saturated heterocycles. The summed E-state index contributed by atoms with van der Waals surface area (Å²) in [6.07, 6.45) is 5.63. The highest BCUT2D eigenvalue weighted by atomic mass is 15.0. The summed E-state index contributed by atoms with van der Waals surface area (Å²) in [5.74, 6) is 0. The van der Waals surface area contributed by atoms with Crippen LogP contribution in [0.25, 0.3) is 0 Å². The van der Waals surface area contributed by atoms with Crippen molar-refractivity contribution in [2.75, 3.05) is 18.4 Å². The van der Waals surface area contributed by atoms with E-state index in [9.17, 15) is 0 Å². The number of anilines is 1.